The summed E-state index contributed by atoms with van der Waals surface area (Å²) in [5.41, 5.74) is 0.988. The lowest BCUT2D eigenvalue weighted by Crippen LogP contribution is -2.43. The van der Waals surface area contributed by atoms with E-state index in [0.717, 1.165) is 12.1 Å². The smallest absolute Gasteiger partial charge is 0.265 e. The number of ether oxygens (including phenoxy) is 1. The van der Waals surface area contributed by atoms with E-state index in [1.54, 1.807) is 0 Å². The van der Waals surface area contributed by atoms with Crippen LogP contribution >= 0.6 is 0 Å². The SMILES string of the molecule is C=C(C)COCC[N+](C)(C)CCCS(=O)(=O)O.O. The van der Waals surface area contributed by atoms with E-state index in [2.05, 4.69) is 6.58 Å². The molecule has 0 aromatic carbocycles. The molecule has 0 aromatic heterocycles. The van der Waals surface area contributed by atoms with Crippen LogP contribution in [0.4, 0.5) is 0 Å². The summed E-state index contributed by atoms with van der Waals surface area (Å²) in [6.45, 7) is 8.32. The molecule has 0 atom stereocenters. The minimum absolute atomic E-state index is 0. The van der Waals surface area contributed by atoms with Crippen molar-refractivity contribution in [3.05, 3.63) is 12.2 Å². The molecule has 0 aliphatic rings. The second-order valence-corrected chi connectivity index (χ2v) is 6.60. The molecule has 0 rings (SSSR count). The Balaban J connectivity index is 0. The van der Waals surface area contributed by atoms with Gasteiger partial charge in [-0.3, -0.25) is 4.55 Å². The lowest BCUT2D eigenvalue weighted by atomic mass is 10.3. The van der Waals surface area contributed by atoms with Crippen LogP contribution in [0.2, 0.25) is 0 Å². The molecule has 0 aliphatic carbocycles. The maximum atomic E-state index is 10.6. The van der Waals surface area contributed by atoms with Crippen molar-refractivity contribution in [2.75, 3.05) is 46.2 Å². The fourth-order valence-corrected chi connectivity index (χ4v) is 1.84. The minimum atomic E-state index is -3.84. The molecule has 0 spiro atoms. The third kappa shape index (κ3) is 13.6. The molecular formula is C11H26NO5S+. The first kappa shape index (κ1) is 19.9. The average molecular weight is 284 g/mol. The minimum Gasteiger partial charge on any atom is -0.412 e. The highest BCUT2D eigenvalue weighted by Gasteiger charge is 2.16. The molecule has 0 heterocycles. The fourth-order valence-electron chi connectivity index (χ4n) is 1.34. The van der Waals surface area contributed by atoms with Gasteiger partial charge in [-0.25, -0.2) is 0 Å². The summed E-state index contributed by atoms with van der Waals surface area (Å²) in [5.74, 6) is -0.179. The largest absolute Gasteiger partial charge is 0.412 e. The molecule has 0 aliphatic heterocycles. The van der Waals surface area contributed by atoms with Crippen molar-refractivity contribution in [1.82, 2.24) is 0 Å². The Morgan fingerprint density at radius 3 is 2.33 bits per heavy atom. The van der Waals surface area contributed by atoms with E-state index in [1.165, 1.54) is 0 Å². The van der Waals surface area contributed by atoms with Crippen molar-refractivity contribution in [3.8, 4) is 0 Å². The van der Waals surface area contributed by atoms with E-state index in [0.29, 0.717) is 30.7 Å². The number of hydrogen-bond donors (Lipinski definition) is 1. The monoisotopic (exact) mass is 284 g/mol. The zero-order valence-corrected chi connectivity index (χ0v) is 12.3. The first-order chi connectivity index (χ1) is 7.62. The zero-order chi connectivity index (χ0) is 13.5. The maximum absolute atomic E-state index is 10.6. The lowest BCUT2D eigenvalue weighted by Gasteiger charge is -2.29. The Morgan fingerprint density at radius 1 is 1.33 bits per heavy atom. The molecule has 0 amide bonds. The van der Waals surface area contributed by atoms with Crippen molar-refractivity contribution in [3.63, 3.8) is 0 Å². The molecular weight excluding hydrogens is 258 g/mol. The van der Waals surface area contributed by atoms with Crippen LogP contribution in [0.5, 0.6) is 0 Å². The molecule has 18 heavy (non-hydrogen) atoms. The van der Waals surface area contributed by atoms with Crippen molar-refractivity contribution in [1.29, 1.82) is 0 Å². The highest BCUT2D eigenvalue weighted by atomic mass is 32.2. The third-order valence-electron chi connectivity index (χ3n) is 2.36. The summed E-state index contributed by atoms with van der Waals surface area (Å²) in [6, 6.07) is 0. The van der Waals surface area contributed by atoms with Crippen LogP contribution < -0.4 is 0 Å². The topological polar surface area (TPSA) is 95.1 Å². The van der Waals surface area contributed by atoms with Crippen LogP contribution in [0, 0.1) is 0 Å². The Labute approximate surface area is 110 Å². The van der Waals surface area contributed by atoms with Crippen LogP contribution in [0.15, 0.2) is 12.2 Å². The van der Waals surface area contributed by atoms with E-state index >= 15 is 0 Å². The van der Waals surface area contributed by atoms with Crippen molar-refractivity contribution >= 4 is 10.1 Å². The first-order valence-corrected chi connectivity index (χ1v) is 7.23. The van der Waals surface area contributed by atoms with Crippen molar-refractivity contribution in [2.24, 2.45) is 0 Å². The number of hydrogen-bond acceptors (Lipinski definition) is 3. The number of nitrogens with zero attached hydrogens (tertiary/aromatic N) is 1. The molecule has 3 N–H and O–H groups in total. The Hall–Kier alpha value is -0.470. The Morgan fingerprint density at radius 2 is 1.89 bits per heavy atom. The summed E-state index contributed by atoms with van der Waals surface area (Å²) in [6.07, 6.45) is 0.451. The van der Waals surface area contributed by atoms with Gasteiger partial charge in [0, 0.05) is 6.42 Å². The van der Waals surface area contributed by atoms with Gasteiger partial charge in [-0.05, 0) is 6.92 Å². The van der Waals surface area contributed by atoms with Gasteiger partial charge < -0.3 is 14.7 Å². The fraction of sp³-hybridized carbons (Fsp3) is 0.818. The van der Waals surface area contributed by atoms with E-state index in [1.807, 2.05) is 21.0 Å². The van der Waals surface area contributed by atoms with Gasteiger partial charge in [0.1, 0.15) is 6.54 Å². The average Bonchev–Trinajstić information content (AvgIpc) is 2.09. The maximum Gasteiger partial charge on any atom is 0.265 e. The summed E-state index contributed by atoms with van der Waals surface area (Å²) in [7, 11) is 0.180. The van der Waals surface area contributed by atoms with Gasteiger partial charge in [0.15, 0.2) is 0 Å². The highest BCUT2D eigenvalue weighted by molar-refractivity contribution is 7.85. The van der Waals surface area contributed by atoms with Gasteiger partial charge in [0.2, 0.25) is 0 Å². The molecule has 0 saturated carbocycles. The molecule has 0 unspecified atom stereocenters. The first-order valence-electron chi connectivity index (χ1n) is 5.62. The van der Waals surface area contributed by atoms with Crippen LogP contribution in [-0.4, -0.2) is 69.1 Å². The summed E-state index contributed by atoms with van der Waals surface area (Å²) >= 11 is 0. The standard InChI is InChI=1S/C11H23NO4S.H2O/c1-11(2)10-16-8-7-12(3,4)6-5-9-17(13,14)15;/h1,5-10H2,2-4H3;1H2/p+1. The number of rotatable bonds is 9. The van der Waals surface area contributed by atoms with Crippen LogP contribution in [0.3, 0.4) is 0 Å². The predicted molar refractivity (Wildman–Crippen MR) is 72.1 cm³/mol. The third-order valence-corrected chi connectivity index (χ3v) is 3.16. The zero-order valence-electron chi connectivity index (χ0n) is 11.5. The van der Waals surface area contributed by atoms with Crippen molar-refractivity contribution < 1.29 is 27.7 Å². The molecule has 7 heteroatoms. The van der Waals surface area contributed by atoms with Gasteiger partial charge >= 0.3 is 0 Å². The van der Waals surface area contributed by atoms with Gasteiger partial charge in [0.25, 0.3) is 10.1 Å². The molecule has 6 nitrogen and oxygen atoms in total. The van der Waals surface area contributed by atoms with Crippen LogP contribution in [0.25, 0.3) is 0 Å². The second kappa shape index (κ2) is 8.60. The van der Waals surface area contributed by atoms with Gasteiger partial charge in [-0.2, -0.15) is 8.42 Å². The summed E-state index contributed by atoms with van der Waals surface area (Å²) in [5, 5.41) is 0. The second-order valence-electron chi connectivity index (χ2n) is 5.03. The van der Waals surface area contributed by atoms with Gasteiger partial charge in [-0.15, -0.1) is 0 Å². The quantitative estimate of drug-likeness (QED) is 0.281. The molecule has 0 radical (unpaired) electrons. The van der Waals surface area contributed by atoms with Gasteiger partial charge in [-0.1, -0.05) is 12.2 Å². The van der Waals surface area contributed by atoms with E-state index in [4.69, 9.17) is 9.29 Å². The van der Waals surface area contributed by atoms with Crippen LogP contribution in [0.1, 0.15) is 13.3 Å². The van der Waals surface area contributed by atoms with Crippen LogP contribution in [-0.2, 0) is 14.9 Å². The van der Waals surface area contributed by atoms with Gasteiger partial charge in [0.05, 0.1) is 39.6 Å². The lowest BCUT2D eigenvalue weighted by molar-refractivity contribution is -0.890. The Kier molecular flexibility index (Phi) is 9.49. The van der Waals surface area contributed by atoms with E-state index < -0.39 is 10.1 Å². The number of likely N-dealkylation sites (N-methyl/N-ethyl adjacent to an activating group) is 1. The van der Waals surface area contributed by atoms with E-state index in [-0.39, 0.29) is 11.2 Å². The molecule has 0 bridgehead atoms. The number of quaternary nitrogens is 1. The summed E-state index contributed by atoms with van der Waals surface area (Å²) in [4.78, 5) is 0. The van der Waals surface area contributed by atoms with E-state index in [9.17, 15) is 8.42 Å². The molecule has 0 saturated heterocycles. The molecule has 0 aromatic rings. The summed E-state index contributed by atoms with van der Waals surface area (Å²) < 4.78 is 35.8. The molecule has 110 valence electrons. The normalized spacial score (nSPS) is 12.0. The molecule has 0 fully saturated rings. The predicted octanol–water partition coefficient (Wildman–Crippen LogP) is 0.109. The van der Waals surface area contributed by atoms with Crippen molar-refractivity contribution in [2.45, 2.75) is 13.3 Å². The highest BCUT2D eigenvalue weighted by Crippen LogP contribution is 2.01. The Bertz CT molecular complexity index is 337.